The highest BCUT2D eigenvalue weighted by atomic mass is 16.5. The van der Waals surface area contributed by atoms with E-state index in [9.17, 15) is 4.79 Å². The topological polar surface area (TPSA) is 41.6 Å². The van der Waals surface area contributed by atoms with Crippen molar-refractivity contribution in [2.45, 2.75) is 26.9 Å². The number of carbonyl (C=O) groups is 1. The van der Waals surface area contributed by atoms with Crippen molar-refractivity contribution in [2.75, 3.05) is 25.0 Å². The maximum atomic E-state index is 12.2. The van der Waals surface area contributed by atoms with Gasteiger partial charge in [0.05, 0.1) is 0 Å². The van der Waals surface area contributed by atoms with Crippen molar-refractivity contribution in [3.05, 3.63) is 59.7 Å². The van der Waals surface area contributed by atoms with Gasteiger partial charge in [-0.3, -0.25) is 4.79 Å². The van der Waals surface area contributed by atoms with Crippen molar-refractivity contribution < 1.29 is 9.53 Å². The van der Waals surface area contributed by atoms with Crippen LogP contribution in [0.5, 0.6) is 5.75 Å². The summed E-state index contributed by atoms with van der Waals surface area (Å²) in [6, 6.07) is 16.0. The third-order valence-corrected chi connectivity index (χ3v) is 4.10. The Morgan fingerprint density at radius 3 is 2.50 bits per heavy atom. The molecule has 128 valence electrons. The Balaban J connectivity index is 1.78. The van der Waals surface area contributed by atoms with Crippen LogP contribution in [0, 0.1) is 13.8 Å². The summed E-state index contributed by atoms with van der Waals surface area (Å²) >= 11 is 0. The van der Waals surface area contributed by atoms with E-state index in [0.717, 1.165) is 23.5 Å². The van der Waals surface area contributed by atoms with Gasteiger partial charge in [0.25, 0.3) is 5.91 Å². The fourth-order valence-corrected chi connectivity index (χ4v) is 2.35. The van der Waals surface area contributed by atoms with E-state index in [-0.39, 0.29) is 5.91 Å². The summed E-state index contributed by atoms with van der Waals surface area (Å²) in [6.07, 6.45) is -0.519. The number of ether oxygens (including phenoxy) is 1. The first kappa shape index (κ1) is 17.9. The van der Waals surface area contributed by atoms with Gasteiger partial charge in [0, 0.05) is 25.8 Å². The second-order valence-corrected chi connectivity index (χ2v) is 6.05. The van der Waals surface area contributed by atoms with Crippen LogP contribution in [0.1, 0.15) is 18.1 Å². The van der Waals surface area contributed by atoms with E-state index in [1.54, 1.807) is 6.92 Å². The molecule has 1 atom stereocenters. The fraction of sp³-hybridized carbons (Fsp3) is 0.350. The minimum Gasteiger partial charge on any atom is -0.481 e. The number of rotatable bonds is 7. The molecule has 0 spiro atoms. The van der Waals surface area contributed by atoms with Gasteiger partial charge in [-0.05, 0) is 56.2 Å². The van der Waals surface area contributed by atoms with E-state index >= 15 is 0 Å². The number of para-hydroxylation sites is 1. The predicted molar refractivity (Wildman–Crippen MR) is 98.7 cm³/mol. The number of hydrogen-bond donors (Lipinski definition) is 1. The van der Waals surface area contributed by atoms with Crippen molar-refractivity contribution in [3.8, 4) is 5.75 Å². The number of amides is 1. The molecule has 0 aliphatic heterocycles. The zero-order valence-corrected chi connectivity index (χ0v) is 14.9. The van der Waals surface area contributed by atoms with Crippen molar-refractivity contribution in [3.63, 3.8) is 0 Å². The van der Waals surface area contributed by atoms with E-state index < -0.39 is 6.10 Å². The first-order valence-electron chi connectivity index (χ1n) is 8.25. The van der Waals surface area contributed by atoms with Crippen LogP contribution in [0.3, 0.4) is 0 Å². The molecule has 0 fully saturated rings. The van der Waals surface area contributed by atoms with E-state index in [1.165, 1.54) is 5.56 Å². The van der Waals surface area contributed by atoms with Crippen LogP contribution in [0.15, 0.2) is 48.5 Å². The Morgan fingerprint density at radius 2 is 1.83 bits per heavy atom. The lowest BCUT2D eigenvalue weighted by molar-refractivity contribution is -0.127. The number of carbonyl (C=O) groups excluding carboxylic acids is 1. The molecule has 1 N–H and O–H groups in total. The highest BCUT2D eigenvalue weighted by Gasteiger charge is 2.14. The molecule has 4 nitrogen and oxygen atoms in total. The van der Waals surface area contributed by atoms with Crippen LogP contribution in [0.4, 0.5) is 5.69 Å². The average Bonchev–Trinajstić information content (AvgIpc) is 2.58. The quantitative estimate of drug-likeness (QED) is 0.848. The van der Waals surface area contributed by atoms with Crippen LogP contribution in [-0.4, -0.2) is 32.1 Å². The lowest BCUT2D eigenvalue weighted by Crippen LogP contribution is -2.40. The summed E-state index contributed by atoms with van der Waals surface area (Å²) in [4.78, 5) is 14.3. The van der Waals surface area contributed by atoms with E-state index in [4.69, 9.17) is 4.74 Å². The molecule has 0 saturated carbocycles. The summed E-state index contributed by atoms with van der Waals surface area (Å²) in [5.74, 6) is 0.622. The van der Waals surface area contributed by atoms with Crippen molar-refractivity contribution in [2.24, 2.45) is 0 Å². The smallest absolute Gasteiger partial charge is 0.260 e. The molecule has 0 radical (unpaired) electrons. The Labute approximate surface area is 144 Å². The number of nitrogens with one attached hydrogen (secondary N) is 1. The van der Waals surface area contributed by atoms with Crippen LogP contribution in [0.2, 0.25) is 0 Å². The Hall–Kier alpha value is -2.49. The summed E-state index contributed by atoms with van der Waals surface area (Å²) in [7, 11) is 2.01. The third kappa shape index (κ3) is 5.01. The van der Waals surface area contributed by atoms with Crippen molar-refractivity contribution in [1.82, 2.24) is 5.32 Å². The van der Waals surface area contributed by atoms with Gasteiger partial charge in [-0.15, -0.1) is 0 Å². The maximum absolute atomic E-state index is 12.2. The molecule has 2 aromatic carbocycles. The second kappa shape index (κ2) is 8.39. The van der Waals surface area contributed by atoms with E-state index in [2.05, 4.69) is 17.1 Å². The minimum absolute atomic E-state index is 0.102. The molecule has 0 aromatic heterocycles. The zero-order chi connectivity index (χ0) is 17.5. The summed E-state index contributed by atoms with van der Waals surface area (Å²) in [5.41, 5.74) is 3.50. The van der Waals surface area contributed by atoms with E-state index in [0.29, 0.717) is 6.54 Å². The van der Waals surface area contributed by atoms with Crippen LogP contribution in [0.25, 0.3) is 0 Å². The van der Waals surface area contributed by atoms with Gasteiger partial charge < -0.3 is 15.0 Å². The van der Waals surface area contributed by atoms with Crippen molar-refractivity contribution in [1.29, 1.82) is 0 Å². The van der Waals surface area contributed by atoms with Crippen molar-refractivity contribution >= 4 is 11.6 Å². The van der Waals surface area contributed by atoms with E-state index in [1.807, 2.05) is 62.5 Å². The predicted octanol–water partition coefficient (Wildman–Crippen LogP) is 3.32. The zero-order valence-electron chi connectivity index (χ0n) is 14.9. The first-order valence-corrected chi connectivity index (χ1v) is 8.25. The minimum atomic E-state index is -0.519. The maximum Gasteiger partial charge on any atom is 0.260 e. The SMILES string of the molecule is Cc1ccc(OC(C)C(=O)NCCN(C)c2ccccc2)cc1C. The Bertz CT molecular complexity index is 671. The molecule has 0 heterocycles. The van der Waals surface area contributed by atoms with Crippen LogP contribution < -0.4 is 15.0 Å². The van der Waals surface area contributed by atoms with Crippen LogP contribution >= 0.6 is 0 Å². The van der Waals surface area contributed by atoms with Crippen LogP contribution in [-0.2, 0) is 4.79 Å². The largest absolute Gasteiger partial charge is 0.481 e. The Morgan fingerprint density at radius 1 is 1.12 bits per heavy atom. The van der Waals surface area contributed by atoms with Gasteiger partial charge in [-0.1, -0.05) is 24.3 Å². The number of anilines is 1. The van der Waals surface area contributed by atoms with Gasteiger partial charge in [0.1, 0.15) is 5.75 Å². The number of nitrogens with zero attached hydrogens (tertiary/aromatic N) is 1. The molecule has 1 amide bonds. The molecule has 1 unspecified atom stereocenters. The average molecular weight is 326 g/mol. The molecule has 4 heteroatoms. The van der Waals surface area contributed by atoms with Gasteiger partial charge in [0.2, 0.25) is 0 Å². The third-order valence-electron chi connectivity index (χ3n) is 4.10. The highest BCUT2D eigenvalue weighted by Crippen LogP contribution is 2.17. The lowest BCUT2D eigenvalue weighted by Gasteiger charge is -2.20. The summed E-state index contributed by atoms with van der Waals surface area (Å²) in [6.45, 7) is 7.17. The van der Waals surface area contributed by atoms with Gasteiger partial charge in [-0.25, -0.2) is 0 Å². The lowest BCUT2D eigenvalue weighted by atomic mass is 10.1. The molecule has 0 saturated heterocycles. The first-order chi connectivity index (χ1) is 11.5. The fourth-order valence-electron chi connectivity index (χ4n) is 2.35. The number of aryl methyl sites for hydroxylation is 2. The molecule has 0 bridgehead atoms. The Kier molecular flexibility index (Phi) is 6.24. The molecule has 2 rings (SSSR count). The second-order valence-electron chi connectivity index (χ2n) is 6.05. The monoisotopic (exact) mass is 326 g/mol. The molecule has 2 aromatic rings. The number of likely N-dealkylation sites (N-methyl/N-ethyl adjacent to an activating group) is 1. The molecule has 24 heavy (non-hydrogen) atoms. The number of benzene rings is 2. The van der Waals surface area contributed by atoms with Gasteiger partial charge in [0.15, 0.2) is 6.10 Å². The van der Waals surface area contributed by atoms with Gasteiger partial charge in [-0.2, -0.15) is 0 Å². The van der Waals surface area contributed by atoms with Gasteiger partial charge >= 0.3 is 0 Å². The summed E-state index contributed by atoms with van der Waals surface area (Å²) in [5, 5.41) is 2.92. The normalized spacial score (nSPS) is 11.7. The number of hydrogen-bond acceptors (Lipinski definition) is 3. The molecule has 0 aliphatic carbocycles. The molecule has 0 aliphatic rings. The standard InChI is InChI=1S/C20H26N2O2/c1-15-10-11-19(14-16(15)2)24-17(3)20(23)21-12-13-22(4)18-8-6-5-7-9-18/h5-11,14,17H,12-13H2,1-4H3,(H,21,23). The molecular formula is C20H26N2O2. The summed E-state index contributed by atoms with van der Waals surface area (Å²) < 4.78 is 5.73. The highest BCUT2D eigenvalue weighted by molar-refractivity contribution is 5.80. The molecular weight excluding hydrogens is 300 g/mol.